The first-order valence-corrected chi connectivity index (χ1v) is 5.53. The third-order valence-electron chi connectivity index (χ3n) is 2.35. The Bertz CT molecular complexity index is 360. The van der Waals surface area contributed by atoms with Crippen LogP contribution >= 0.6 is 0 Å². The summed E-state index contributed by atoms with van der Waals surface area (Å²) in [6, 6.07) is 6.55. The molecule has 1 aromatic rings. The zero-order valence-corrected chi connectivity index (χ0v) is 10.7. The monoisotopic (exact) mass is 253 g/mol. The van der Waals surface area contributed by atoms with E-state index in [0.717, 1.165) is 0 Å². The summed E-state index contributed by atoms with van der Waals surface area (Å²) in [5, 5.41) is 0. The fourth-order valence-corrected chi connectivity index (χ4v) is 1.12. The van der Waals surface area contributed by atoms with Crippen molar-refractivity contribution in [2.75, 3.05) is 14.2 Å². The zero-order chi connectivity index (χ0) is 13.4. The number of carbonyl (C=O) groups is 1. The topological polar surface area (TPSA) is 54.0 Å². The number of methoxy groups -OCH3 is 2. The molecule has 1 atom stereocenters. The number of hydrogen-bond donors (Lipinski definition) is 0. The first-order valence-electron chi connectivity index (χ1n) is 5.53. The van der Waals surface area contributed by atoms with Crippen LogP contribution in [0.2, 0.25) is 0 Å². The van der Waals surface area contributed by atoms with Gasteiger partial charge < -0.3 is 9.47 Å². The van der Waals surface area contributed by atoms with E-state index in [4.69, 9.17) is 14.4 Å². The summed E-state index contributed by atoms with van der Waals surface area (Å²) in [6.45, 7) is 3.26. The first kappa shape index (κ1) is 14.5. The zero-order valence-electron chi connectivity index (χ0n) is 10.7. The maximum Gasteiger partial charge on any atom is 0.373 e. The van der Waals surface area contributed by atoms with Crippen LogP contribution < -0.4 is 4.74 Å². The maximum atomic E-state index is 11.5. The molecule has 0 fully saturated rings. The van der Waals surface area contributed by atoms with E-state index in [-0.39, 0.29) is 6.10 Å². The highest BCUT2D eigenvalue weighted by Gasteiger charge is 2.09. The highest BCUT2D eigenvalue weighted by atomic mass is 17.2. The summed E-state index contributed by atoms with van der Waals surface area (Å²) < 4.78 is 9.98. The van der Waals surface area contributed by atoms with Crippen LogP contribution in [0.25, 0.3) is 0 Å². The SMILES string of the molecule is COc1ccc(C(=O)OO[CH]CC(C)OC)cc1. The Morgan fingerprint density at radius 3 is 2.50 bits per heavy atom. The third kappa shape index (κ3) is 4.73. The van der Waals surface area contributed by atoms with Gasteiger partial charge in [0, 0.05) is 13.5 Å². The summed E-state index contributed by atoms with van der Waals surface area (Å²) in [4.78, 5) is 20.8. The fourth-order valence-electron chi connectivity index (χ4n) is 1.12. The minimum Gasteiger partial charge on any atom is -0.497 e. The van der Waals surface area contributed by atoms with E-state index in [1.54, 1.807) is 38.5 Å². The van der Waals surface area contributed by atoms with E-state index in [9.17, 15) is 4.79 Å². The largest absolute Gasteiger partial charge is 0.497 e. The van der Waals surface area contributed by atoms with Gasteiger partial charge in [-0.1, -0.05) is 0 Å². The molecule has 0 saturated heterocycles. The Labute approximate surface area is 107 Å². The van der Waals surface area contributed by atoms with Crippen LogP contribution in [-0.4, -0.2) is 26.3 Å². The van der Waals surface area contributed by atoms with Crippen molar-refractivity contribution in [3.63, 3.8) is 0 Å². The molecule has 0 bridgehead atoms. The van der Waals surface area contributed by atoms with Gasteiger partial charge >= 0.3 is 5.97 Å². The van der Waals surface area contributed by atoms with Gasteiger partial charge in [0.1, 0.15) is 12.4 Å². The Morgan fingerprint density at radius 1 is 1.28 bits per heavy atom. The van der Waals surface area contributed by atoms with Gasteiger partial charge in [-0.15, -0.1) is 0 Å². The quantitative estimate of drug-likeness (QED) is 0.424. The molecule has 1 radical (unpaired) electrons. The van der Waals surface area contributed by atoms with Crippen molar-refractivity contribution in [3.05, 3.63) is 36.4 Å². The maximum absolute atomic E-state index is 11.5. The second-order valence-corrected chi connectivity index (χ2v) is 3.64. The van der Waals surface area contributed by atoms with Gasteiger partial charge in [-0.25, -0.2) is 4.79 Å². The van der Waals surface area contributed by atoms with E-state index in [2.05, 4.69) is 4.89 Å². The van der Waals surface area contributed by atoms with Crippen LogP contribution in [0.1, 0.15) is 23.7 Å². The average molecular weight is 253 g/mol. The molecule has 0 aliphatic heterocycles. The molecule has 0 heterocycles. The molecule has 1 rings (SSSR count). The second kappa shape index (κ2) is 7.68. The van der Waals surface area contributed by atoms with Crippen LogP contribution in [0.4, 0.5) is 0 Å². The lowest BCUT2D eigenvalue weighted by Gasteiger charge is -2.08. The predicted molar refractivity (Wildman–Crippen MR) is 64.9 cm³/mol. The van der Waals surface area contributed by atoms with Gasteiger partial charge in [-0.05, 0) is 31.2 Å². The normalized spacial score (nSPS) is 11.9. The highest BCUT2D eigenvalue weighted by Crippen LogP contribution is 2.12. The van der Waals surface area contributed by atoms with Crippen LogP contribution in [0.3, 0.4) is 0 Å². The van der Waals surface area contributed by atoms with E-state index >= 15 is 0 Å². The first-order chi connectivity index (χ1) is 8.67. The predicted octanol–water partition coefficient (Wildman–Crippen LogP) is 2.37. The van der Waals surface area contributed by atoms with Crippen molar-refractivity contribution in [1.29, 1.82) is 0 Å². The molecule has 0 amide bonds. The van der Waals surface area contributed by atoms with Crippen molar-refractivity contribution in [1.82, 2.24) is 0 Å². The van der Waals surface area contributed by atoms with Crippen molar-refractivity contribution < 1.29 is 24.0 Å². The lowest BCUT2D eigenvalue weighted by molar-refractivity contribution is -0.215. The molecule has 99 valence electrons. The Hall–Kier alpha value is -1.59. The van der Waals surface area contributed by atoms with Crippen molar-refractivity contribution in [3.8, 4) is 5.75 Å². The summed E-state index contributed by atoms with van der Waals surface area (Å²) in [6.07, 6.45) is 0.552. The minimum atomic E-state index is -0.557. The standard InChI is InChI=1S/C13H17O5/c1-10(15-2)8-9-17-18-13(14)11-4-6-12(16-3)7-5-11/h4-7,9-10H,8H2,1-3H3. The van der Waals surface area contributed by atoms with E-state index in [1.165, 1.54) is 6.61 Å². The Balaban J connectivity index is 2.31. The molecule has 0 aliphatic carbocycles. The minimum absolute atomic E-state index is 0.0182. The van der Waals surface area contributed by atoms with Gasteiger partial charge in [0.15, 0.2) is 0 Å². The third-order valence-corrected chi connectivity index (χ3v) is 2.35. The van der Waals surface area contributed by atoms with Gasteiger partial charge in [-0.2, -0.15) is 4.89 Å². The lowest BCUT2D eigenvalue weighted by Crippen LogP contribution is -2.09. The van der Waals surface area contributed by atoms with E-state index < -0.39 is 5.97 Å². The molecule has 0 aromatic heterocycles. The Morgan fingerprint density at radius 2 is 1.94 bits per heavy atom. The second-order valence-electron chi connectivity index (χ2n) is 3.64. The number of hydrogen-bond acceptors (Lipinski definition) is 5. The average Bonchev–Trinajstić information content (AvgIpc) is 2.43. The van der Waals surface area contributed by atoms with Crippen LogP contribution in [0.5, 0.6) is 5.75 Å². The number of carbonyl (C=O) groups excluding carboxylic acids is 1. The number of ether oxygens (including phenoxy) is 2. The molecular weight excluding hydrogens is 236 g/mol. The summed E-state index contributed by atoms with van der Waals surface area (Å²) in [7, 11) is 3.16. The summed E-state index contributed by atoms with van der Waals surface area (Å²) >= 11 is 0. The van der Waals surface area contributed by atoms with Gasteiger partial charge in [0.05, 0.1) is 18.8 Å². The molecule has 1 unspecified atom stereocenters. The lowest BCUT2D eigenvalue weighted by atomic mass is 10.2. The number of benzene rings is 1. The van der Waals surface area contributed by atoms with Crippen LogP contribution in [0.15, 0.2) is 24.3 Å². The van der Waals surface area contributed by atoms with Crippen molar-refractivity contribution in [2.45, 2.75) is 19.4 Å². The van der Waals surface area contributed by atoms with Crippen molar-refractivity contribution >= 4 is 5.97 Å². The van der Waals surface area contributed by atoms with Crippen molar-refractivity contribution in [2.24, 2.45) is 0 Å². The molecule has 0 aliphatic rings. The van der Waals surface area contributed by atoms with E-state index in [1.807, 2.05) is 6.92 Å². The van der Waals surface area contributed by atoms with Crippen LogP contribution in [0, 0.1) is 6.61 Å². The Kier molecular flexibility index (Phi) is 6.18. The fraction of sp³-hybridized carbons (Fsp3) is 0.385. The molecular formula is C13H17O5. The van der Waals surface area contributed by atoms with E-state index in [0.29, 0.717) is 17.7 Å². The smallest absolute Gasteiger partial charge is 0.373 e. The summed E-state index contributed by atoms with van der Waals surface area (Å²) in [5.74, 6) is 0.118. The molecule has 0 N–H and O–H groups in total. The molecule has 1 aromatic carbocycles. The number of rotatable bonds is 7. The van der Waals surface area contributed by atoms with Crippen LogP contribution in [-0.2, 0) is 14.5 Å². The van der Waals surface area contributed by atoms with Gasteiger partial charge in [0.2, 0.25) is 0 Å². The molecule has 18 heavy (non-hydrogen) atoms. The van der Waals surface area contributed by atoms with Gasteiger partial charge in [0.25, 0.3) is 0 Å². The molecule has 0 saturated carbocycles. The summed E-state index contributed by atoms with van der Waals surface area (Å²) in [5.41, 5.74) is 0.393. The highest BCUT2D eigenvalue weighted by molar-refractivity contribution is 5.89. The molecule has 5 nitrogen and oxygen atoms in total. The molecule has 0 spiro atoms. The van der Waals surface area contributed by atoms with Gasteiger partial charge in [-0.3, -0.25) is 4.89 Å². The molecule has 5 heteroatoms.